The van der Waals surface area contributed by atoms with Gasteiger partial charge in [0.15, 0.2) is 5.78 Å². The Morgan fingerprint density at radius 3 is 2.18 bits per heavy atom. The van der Waals surface area contributed by atoms with Crippen molar-refractivity contribution in [1.29, 1.82) is 0 Å². The molecule has 1 aromatic heterocycles. The molecule has 267 valence electrons. The molecule has 0 aliphatic carbocycles. The van der Waals surface area contributed by atoms with E-state index in [1.165, 1.54) is 11.6 Å². The van der Waals surface area contributed by atoms with Crippen LogP contribution >= 0.6 is 0 Å². The molecule has 0 spiro atoms. The van der Waals surface area contributed by atoms with E-state index in [4.69, 9.17) is 0 Å². The molecule has 2 heterocycles. The van der Waals surface area contributed by atoms with Crippen LogP contribution in [0.4, 0.5) is 8.22 Å². The molecule has 0 amide bonds. The molecule has 7 heteroatoms. The number of hydrogen-bond donors (Lipinski definition) is 1. The quantitative estimate of drug-likeness (QED) is 0.0393. The van der Waals surface area contributed by atoms with E-state index >= 15 is 8.22 Å². The van der Waals surface area contributed by atoms with Gasteiger partial charge >= 0.3 is 8.74 Å². The zero-order valence-corrected chi connectivity index (χ0v) is 33.6. The van der Waals surface area contributed by atoms with Crippen LogP contribution in [0.5, 0.6) is 0 Å². The molecular formula is C44H46F2IrNO2Si-. The summed E-state index contributed by atoms with van der Waals surface area (Å²) >= 11 is 0. The van der Waals surface area contributed by atoms with E-state index in [9.17, 15) is 9.90 Å². The van der Waals surface area contributed by atoms with E-state index in [0.29, 0.717) is 22.6 Å². The van der Waals surface area contributed by atoms with E-state index in [1.54, 1.807) is 18.3 Å². The van der Waals surface area contributed by atoms with Crippen molar-refractivity contribution in [3.63, 3.8) is 0 Å². The second-order valence-electron chi connectivity index (χ2n) is 14.0. The fourth-order valence-electron chi connectivity index (χ4n) is 7.52. The Morgan fingerprint density at radius 1 is 0.804 bits per heavy atom. The minimum atomic E-state index is -4.99. The van der Waals surface area contributed by atoms with Crippen molar-refractivity contribution in [1.82, 2.24) is 4.98 Å². The third-order valence-corrected chi connectivity index (χ3v) is 12.5. The first-order valence-electron chi connectivity index (χ1n) is 18.1. The Kier molecular flexibility index (Phi) is 12.0. The van der Waals surface area contributed by atoms with Crippen LogP contribution < -0.4 is 10.4 Å². The number of rotatable bonds is 9. The standard InChI is InChI=1S/C31H22F2NSi.C13H24O2.Ir/c1-18(2)13-19-7-8-20-9-10-23-24-11-12-34-31-27-15-21-5-3-4-6-22(21)16-28(27)35(32,33)29(30(24)31)17-26(23)25(20)14-19;1-5-10(6-2)12(14)9-13(15)11(7-3)8-4;/h3-12,14,16-18H,13H2,1-2H3;9-11,14H,5-8H2,1-4H3;/q-1;;/b;12-9-;. The second-order valence-corrected chi connectivity index (χ2v) is 16.3. The molecule has 0 atom stereocenters. The summed E-state index contributed by atoms with van der Waals surface area (Å²) in [6.45, 7) is 12.5. The number of benzene rings is 5. The van der Waals surface area contributed by atoms with E-state index in [0.717, 1.165) is 69.8 Å². The van der Waals surface area contributed by atoms with Crippen molar-refractivity contribution in [3.05, 3.63) is 102 Å². The monoisotopic (exact) mass is 879 g/mol. The normalized spacial score (nSPS) is 13.5. The molecule has 0 unspecified atom stereocenters. The number of aromatic nitrogens is 1. The van der Waals surface area contributed by atoms with Crippen LogP contribution in [0.2, 0.25) is 0 Å². The van der Waals surface area contributed by atoms with Crippen LogP contribution in [0, 0.1) is 23.8 Å². The van der Waals surface area contributed by atoms with E-state index < -0.39 is 8.74 Å². The number of allylic oxidation sites excluding steroid dienone is 2. The van der Waals surface area contributed by atoms with Crippen LogP contribution in [0.1, 0.15) is 72.8 Å². The molecule has 1 N–H and O–H groups in total. The fourth-order valence-corrected chi connectivity index (χ4v) is 9.53. The number of nitrogens with zero attached hydrogens (tertiary/aromatic N) is 1. The first-order valence-corrected chi connectivity index (χ1v) is 19.8. The van der Waals surface area contributed by atoms with Gasteiger partial charge in [-0.2, -0.15) is 0 Å². The Bertz CT molecular complexity index is 2260. The van der Waals surface area contributed by atoms with E-state index in [-0.39, 0.29) is 53.9 Å². The summed E-state index contributed by atoms with van der Waals surface area (Å²) < 4.78 is 32.9. The summed E-state index contributed by atoms with van der Waals surface area (Å²) in [5.41, 5.74) is 2.31. The molecule has 7 rings (SSSR count). The molecule has 1 aliphatic heterocycles. The van der Waals surface area contributed by atoms with Gasteiger partial charge in [0.1, 0.15) is 0 Å². The van der Waals surface area contributed by atoms with Gasteiger partial charge in [0.25, 0.3) is 0 Å². The topological polar surface area (TPSA) is 50.2 Å². The van der Waals surface area contributed by atoms with Gasteiger partial charge in [-0.05, 0) is 93.2 Å². The second kappa shape index (κ2) is 15.9. The average Bonchev–Trinajstić information content (AvgIpc) is 3.10. The number of carbonyl (C=O) groups is 1. The van der Waals surface area contributed by atoms with Crippen LogP contribution in [0.25, 0.3) is 54.3 Å². The number of pyridine rings is 1. The zero-order valence-electron chi connectivity index (χ0n) is 30.2. The predicted octanol–water partition coefficient (Wildman–Crippen LogP) is 11.0. The van der Waals surface area contributed by atoms with Gasteiger partial charge in [0.05, 0.1) is 5.76 Å². The third kappa shape index (κ3) is 7.31. The van der Waals surface area contributed by atoms with Gasteiger partial charge in [-0.1, -0.05) is 101 Å². The minimum absolute atomic E-state index is 0. The van der Waals surface area contributed by atoms with Gasteiger partial charge in [0.2, 0.25) is 0 Å². The molecule has 3 nitrogen and oxygen atoms in total. The molecule has 0 bridgehead atoms. The van der Waals surface area contributed by atoms with Crippen molar-refractivity contribution in [2.24, 2.45) is 17.8 Å². The average molecular weight is 879 g/mol. The summed E-state index contributed by atoms with van der Waals surface area (Å²) in [5.74, 6) is 1.07. The number of aliphatic hydroxyl groups is 1. The molecule has 0 saturated heterocycles. The van der Waals surface area contributed by atoms with Gasteiger partial charge in [-0.25, -0.2) is 0 Å². The predicted molar refractivity (Wildman–Crippen MR) is 208 cm³/mol. The minimum Gasteiger partial charge on any atom is -0.512 e. The Morgan fingerprint density at radius 2 is 1.49 bits per heavy atom. The molecule has 5 aromatic carbocycles. The fraction of sp³-hybridized carbons (Fsp3) is 0.318. The van der Waals surface area contributed by atoms with Crippen LogP contribution in [0.3, 0.4) is 0 Å². The first-order chi connectivity index (χ1) is 24.0. The maximum atomic E-state index is 16.5. The Balaban J connectivity index is 0.000000271. The molecule has 1 aliphatic rings. The first kappa shape index (κ1) is 38.5. The van der Waals surface area contributed by atoms with Gasteiger partial charge in [-0.15, -0.1) is 23.6 Å². The third-order valence-electron chi connectivity index (χ3n) is 10.4. The van der Waals surface area contributed by atoms with Crippen molar-refractivity contribution in [2.75, 3.05) is 0 Å². The molecule has 51 heavy (non-hydrogen) atoms. The number of ketones is 1. The number of carbonyl (C=O) groups excluding carboxylic acids is 1. The maximum Gasteiger partial charge on any atom is 0.451 e. The van der Waals surface area contributed by atoms with Crippen LogP contribution in [-0.2, 0) is 31.3 Å². The summed E-state index contributed by atoms with van der Waals surface area (Å²) in [7, 11) is -4.99. The Hall–Kier alpha value is -3.77. The molecule has 6 aromatic rings. The largest absolute Gasteiger partial charge is 0.512 e. The number of halogens is 2. The molecule has 0 fully saturated rings. The van der Waals surface area contributed by atoms with Gasteiger partial charge < -0.3 is 5.11 Å². The van der Waals surface area contributed by atoms with Crippen molar-refractivity contribution in [2.45, 2.75) is 73.6 Å². The number of fused-ring (bicyclic) bond motifs is 7. The maximum absolute atomic E-state index is 16.5. The van der Waals surface area contributed by atoms with Gasteiger partial charge in [-0.3, -0.25) is 18.0 Å². The molecular weight excluding hydrogens is 833 g/mol. The van der Waals surface area contributed by atoms with Crippen LogP contribution in [0.15, 0.2) is 90.8 Å². The van der Waals surface area contributed by atoms with Crippen molar-refractivity contribution < 1.29 is 38.2 Å². The Labute approximate surface area is 314 Å². The number of hydrogen-bond acceptors (Lipinski definition) is 3. The smallest absolute Gasteiger partial charge is 0.451 e. The number of aliphatic hydroxyl groups excluding tert-OH is 1. The summed E-state index contributed by atoms with van der Waals surface area (Å²) in [6.07, 6.45) is 7.61. The van der Waals surface area contributed by atoms with Gasteiger partial charge in [0, 0.05) is 55.1 Å². The summed E-state index contributed by atoms with van der Waals surface area (Å²) in [5, 5.41) is 17.1. The van der Waals surface area contributed by atoms with E-state index in [1.807, 2.05) is 58.0 Å². The van der Waals surface area contributed by atoms with Crippen molar-refractivity contribution in [3.8, 4) is 11.3 Å². The van der Waals surface area contributed by atoms with E-state index in [2.05, 4.69) is 55.2 Å². The summed E-state index contributed by atoms with van der Waals surface area (Å²) in [6, 6.07) is 26.9. The zero-order chi connectivity index (χ0) is 35.7. The molecule has 1 radical (unpaired) electrons. The van der Waals surface area contributed by atoms with Crippen molar-refractivity contribution >= 4 is 68.0 Å². The SMILES string of the molecule is CC(C)Cc1ccc2ccc3c4ccnc5c4c(cc3c2c1)[Si](F)(F)c1cc2ccccc2[c-]c1-5.CCC(CC)C(=O)/C=C(\O)C(CC)CC.[Ir]. The molecule has 0 saturated carbocycles. The summed E-state index contributed by atoms with van der Waals surface area (Å²) in [4.78, 5) is 16.3. The van der Waals surface area contributed by atoms with Crippen LogP contribution in [-0.4, -0.2) is 24.6 Å².